The number of anilines is 2. The number of ether oxygens (including phenoxy) is 1. The van der Waals surface area contributed by atoms with Crippen molar-refractivity contribution in [2.24, 2.45) is 0 Å². The van der Waals surface area contributed by atoms with Crippen LogP contribution in [0.3, 0.4) is 0 Å². The predicted octanol–water partition coefficient (Wildman–Crippen LogP) is 5.52. The van der Waals surface area contributed by atoms with Crippen molar-refractivity contribution in [1.29, 1.82) is 0 Å². The lowest BCUT2D eigenvalue weighted by atomic mass is 10.1. The molecule has 48 heavy (non-hydrogen) atoms. The summed E-state index contributed by atoms with van der Waals surface area (Å²) in [4.78, 5) is 30.0. The summed E-state index contributed by atoms with van der Waals surface area (Å²) >= 11 is 5.81. The van der Waals surface area contributed by atoms with Gasteiger partial charge in [0, 0.05) is 50.5 Å². The van der Waals surface area contributed by atoms with Crippen LogP contribution in [0.25, 0.3) is 0 Å². The van der Waals surface area contributed by atoms with Gasteiger partial charge < -0.3 is 25.6 Å². The zero-order chi connectivity index (χ0) is 35.1. The number of hydrogen-bond donors (Lipinski definition) is 3. The molecule has 1 aliphatic rings. The molecule has 3 N–H and O–H groups in total. The SMILES string of the molecule is CC(C)(C)OC(=O)NCCCNCc1ccc(C(=O)Nc2ccc(S(=O)(=O)N3CCN(c4cc(C(F)(F)F)cc(Cl)n4)CC3)cc2)cc1. The van der Waals surface area contributed by atoms with E-state index in [1.807, 2.05) is 12.1 Å². The van der Waals surface area contributed by atoms with Crippen LogP contribution in [0.2, 0.25) is 5.15 Å². The van der Waals surface area contributed by atoms with Gasteiger partial charge in [-0.15, -0.1) is 0 Å². The number of aromatic nitrogens is 1. The molecule has 0 unspecified atom stereocenters. The Labute approximate surface area is 282 Å². The second-order valence-corrected chi connectivity index (χ2v) is 14.4. The molecule has 0 bridgehead atoms. The number of alkyl halides is 3. The van der Waals surface area contributed by atoms with Crippen LogP contribution < -0.4 is 20.9 Å². The molecule has 4 rings (SSSR count). The molecule has 3 aromatic rings. The number of nitrogens with zero attached hydrogens (tertiary/aromatic N) is 3. The van der Waals surface area contributed by atoms with Gasteiger partial charge in [-0.3, -0.25) is 4.79 Å². The van der Waals surface area contributed by atoms with Gasteiger partial charge in [-0.2, -0.15) is 17.5 Å². The number of piperazine rings is 1. The fourth-order valence-corrected chi connectivity index (χ4v) is 6.38. The Bertz CT molecular complexity index is 1680. The topological polar surface area (TPSA) is 133 Å². The summed E-state index contributed by atoms with van der Waals surface area (Å²) in [6.45, 7) is 7.46. The van der Waals surface area contributed by atoms with Gasteiger partial charge >= 0.3 is 12.3 Å². The van der Waals surface area contributed by atoms with E-state index >= 15 is 0 Å². The van der Waals surface area contributed by atoms with Crippen LogP contribution >= 0.6 is 11.6 Å². The normalized spacial score (nSPS) is 14.4. The van der Waals surface area contributed by atoms with Crippen LogP contribution in [0.15, 0.2) is 65.6 Å². The molecule has 0 aliphatic carbocycles. The lowest BCUT2D eigenvalue weighted by molar-refractivity contribution is -0.137. The Balaban J connectivity index is 1.23. The maximum absolute atomic E-state index is 13.3. The molecule has 2 aromatic carbocycles. The Kier molecular flexibility index (Phi) is 11.9. The number of hydrogen-bond acceptors (Lipinski definition) is 8. The quantitative estimate of drug-likeness (QED) is 0.175. The number of pyridine rings is 1. The number of carbonyl (C=O) groups is 2. The zero-order valence-corrected chi connectivity index (χ0v) is 28.3. The van der Waals surface area contributed by atoms with Crippen molar-refractivity contribution in [1.82, 2.24) is 19.9 Å². The first-order chi connectivity index (χ1) is 22.5. The second kappa shape index (κ2) is 15.5. The fourth-order valence-electron chi connectivity index (χ4n) is 4.75. The van der Waals surface area contributed by atoms with Crippen molar-refractivity contribution in [3.8, 4) is 0 Å². The van der Waals surface area contributed by atoms with Crippen LogP contribution in [0.1, 0.15) is 48.7 Å². The molecule has 0 spiro atoms. The van der Waals surface area contributed by atoms with Crippen LogP contribution in [-0.2, 0) is 27.5 Å². The molecule has 1 fully saturated rings. The number of alkyl carbamates (subject to hydrolysis) is 1. The number of halogens is 4. The number of sulfonamides is 1. The largest absolute Gasteiger partial charge is 0.444 e. The average molecular weight is 711 g/mol. The number of amides is 2. The van der Waals surface area contributed by atoms with Gasteiger partial charge in [0.2, 0.25) is 10.0 Å². The van der Waals surface area contributed by atoms with E-state index < -0.39 is 33.5 Å². The molecule has 11 nitrogen and oxygen atoms in total. The number of nitrogens with one attached hydrogen (secondary N) is 3. The minimum atomic E-state index is -4.59. The van der Waals surface area contributed by atoms with Crippen molar-refractivity contribution < 1.29 is 35.9 Å². The molecule has 0 radical (unpaired) electrons. The van der Waals surface area contributed by atoms with E-state index in [0.717, 1.165) is 17.7 Å². The van der Waals surface area contributed by atoms with Gasteiger partial charge in [-0.25, -0.2) is 18.2 Å². The molecule has 0 saturated carbocycles. The standard InChI is InChI=1S/C32H38ClF3N6O5S/c1-31(2,3)47-30(44)38-14-4-13-37-21-22-5-7-23(8-6-22)29(43)39-25-9-11-26(12-10-25)48(45,46)42-17-15-41(16-18-42)28-20-24(32(34,35)36)19-27(33)40-28/h5-12,19-20,37H,4,13-18,21H2,1-3H3,(H,38,44)(H,39,43). The molecule has 1 saturated heterocycles. The van der Waals surface area contributed by atoms with Crippen LogP contribution in [-0.4, -0.2) is 74.6 Å². The minimum Gasteiger partial charge on any atom is -0.444 e. The fraction of sp³-hybridized carbons (Fsp3) is 0.406. The summed E-state index contributed by atoms with van der Waals surface area (Å²) in [5.41, 5.74) is 0.326. The first-order valence-corrected chi connectivity index (χ1v) is 17.0. The van der Waals surface area contributed by atoms with E-state index in [4.69, 9.17) is 16.3 Å². The van der Waals surface area contributed by atoms with Gasteiger partial charge in [-0.1, -0.05) is 23.7 Å². The predicted molar refractivity (Wildman–Crippen MR) is 177 cm³/mol. The van der Waals surface area contributed by atoms with Crippen molar-refractivity contribution >= 4 is 45.1 Å². The summed E-state index contributed by atoms with van der Waals surface area (Å²) in [6.07, 6.45) is -4.33. The Morgan fingerprint density at radius 3 is 2.19 bits per heavy atom. The van der Waals surface area contributed by atoms with Gasteiger partial charge in [0.1, 0.15) is 16.6 Å². The molecular formula is C32H38ClF3N6O5S. The highest BCUT2D eigenvalue weighted by Gasteiger charge is 2.33. The van der Waals surface area contributed by atoms with Gasteiger partial charge in [-0.05, 0) is 87.8 Å². The van der Waals surface area contributed by atoms with E-state index in [9.17, 15) is 31.2 Å². The summed E-state index contributed by atoms with van der Waals surface area (Å²) in [7, 11) is -3.90. The minimum absolute atomic E-state index is 0.0201. The van der Waals surface area contributed by atoms with Crippen LogP contribution in [0.4, 0.5) is 29.5 Å². The van der Waals surface area contributed by atoms with Gasteiger partial charge in [0.25, 0.3) is 5.91 Å². The van der Waals surface area contributed by atoms with E-state index in [0.29, 0.717) is 37.3 Å². The highest BCUT2D eigenvalue weighted by Crippen LogP contribution is 2.33. The molecule has 2 amide bonds. The van der Waals surface area contributed by atoms with E-state index in [1.165, 1.54) is 28.6 Å². The summed E-state index contributed by atoms with van der Waals surface area (Å²) < 4.78 is 72.6. The first kappa shape index (κ1) is 36.9. The van der Waals surface area contributed by atoms with Gasteiger partial charge in [0.05, 0.1) is 10.5 Å². The lowest BCUT2D eigenvalue weighted by Crippen LogP contribution is -2.49. The van der Waals surface area contributed by atoms with Crippen molar-refractivity contribution in [2.45, 2.75) is 50.4 Å². The van der Waals surface area contributed by atoms with E-state index in [2.05, 4.69) is 20.9 Å². The third-order valence-electron chi connectivity index (χ3n) is 7.16. The maximum atomic E-state index is 13.3. The maximum Gasteiger partial charge on any atom is 0.416 e. The lowest BCUT2D eigenvalue weighted by Gasteiger charge is -2.35. The molecule has 1 aromatic heterocycles. The molecule has 16 heteroatoms. The Hall–Kier alpha value is -3.92. The number of rotatable bonds is 11. The summed E-state index contributed by atoms with van der Waals surface area (Å²) in [5, 5.41) is 8.44. The highest BCUT2D eigenvalue weighted by molar-refractivity contribution is 7.89. The van der Waals surface area contributed by atoms with E-state index in [1.54, 1.807) is 37.8 Å². The highest BCUT2D eigenvalue weighted by atomic mass is 35.5. The molecule has 1 aliphatic heterocycles. The first-order valence-electron chi connectivity index (χ1n) is 15.2. The molecular weight excluding hydrogens is 673 g/mol. The average Bonchev–Trinajstić information content (AvgIpc) is 3.02. The van der Waals surface area contributed by atoms with Crippen molar-refractivity contribution in [2.75, 3.05) is 49.5 Å². The summed E-state index contributed by atoms with van der Waals surface area (Å²) in [6, 6.07) is 14.4. The second-order valence-electron chi connectivity index (χ2n) is 12.1. The Morgan fingerprint density at radius 2 is 1.58 bits per heavy atom. The Morgan fingerprint density at radius 1 is 0.938 bits per heavy atom. The third-order valence-corrected chi connectivity index (χ3v) is 9.27. The third kappa shape index (κ3) is 10.5. The molecule has 0 atom stereocenters. The summed E-state index contributed by atoms with van der Waals surface area (Å²) in [5.74, 6) is -0.336. The van der Waals surface area contributed by atoms with Crippen molar-refractivity contribution in [3.05, 3.63) is 82.5 Å². The molecule has 2 heterocycles. The van der Waals surface area contributed by atoms with Crippen LogP contribution in [0.5, 0.6) is 0 Å². The number of carbonyl (C=O) groups excluding carboxylic acids is 2. The van der Waals surface area contributed by atoms with Crippen molar-refractivity contribution in [3.63, 3.8) is 0 Å². The van der Waals surface area contributed by atoms with E-state index in [-0.39, 0.29) is 48.0 Å². The number of benzene rings is 2. The smallest absolute Gasteiger partial charge is 0.416 e. The zero-order valence-electron chi connectivity index (χ0n) is 26.7. The van der Waals surface area contributed by atoms with Gasteiger partial charge in [0.15, 0.2) is 0 Å². The molecule has 260 valence electrons. The monoisotopic (exact) mass is 710 g/mol. The van der Waals surface area contributed by atoms with Crippen LogP contribution in [0, 0.1) is 0 Å².